The monoisotopic (exact) mass is 521 g/mol. The van der Waals surface area contributed by atoms with E-state index in [2.05, 4.69) is 91.8 Å². The molecule has 0 N–H and O–H groups in total. The molecule has 38 heavy (non-hydrogen) atoms. The minimum absolute atomic E-state index is 0.585. The lowest BCUT2D eigenvalue weighted by atomic mass is 9.72. The maximum absolute atomic E-state index is 2.62. The molecule has 0 nitrogen and oxygen atoms in total. The molecule has 3 aliphatic carbocycles. The highest BCUT2D eigenvalue weighted by Gasteiger charge is 2.62. The van der Waals surface area contributed by atoms with E-state index in [1.165, 1.54) is 77.0 Å². The Labute approximate surface area is 238 Å². The summed E-state index contributed by atoms with van der Waals surface area (Å²) >= 11 is 0. The predicted octanol–water partition coefficient (Wildman–Crippen LogP) is 12.1. The summed E-state index contributed by atoms with van der Waals surface area (Å²) in [6, 6.07) is 0. The molecule has 3 aliphatic rings. The zero-order chi connectivity index (χ0) is 27.7. The van der Waals surface area contributed by atoms with E-state index in [1.54, 1.807) is 5.57 Å². The van der Waals surface area contributed by atoms with E-state index in [9.17, 15) is 0 Å². The Hall–Kier alpha value is -1.04. The smallest absolute Gasteiger partial charge is 0.00455 e. The van der Waals surface area contributed by atoms with Crippen LogP contribution in [0.15, 0.2) is 47.6 Å². The van der Waals surface area contributed by atoms with E-state index >= 15 is 0 Å². The molecule has 8 unspecified atom stereocenters. The van der Waals surface area contributed by atoms with Gasteiger partial charge >= 0.3 is 0 Å². The molecule has 0 aromatic rings. The third-order valence-electron chi connectivity index (χ3n) is 11.2. The maximum atomic E-state index is 2.62. The molecule has 0 bridgehead atoms. The Morgan fingerprint density at radius 1 is 0.947 bits per heavy atom. The molecule has 2 fully saturated rings. The van der Waals surface area contributed by atoms with Crippen molar-refractivity contribution in [1.82, 2.24) is 0 Å². The van der Waals surface area contributed by atoms with Crippen LogP contribution < -0.4 is 0 Å². The first-order chi connectivity index (χ1) is 18.2. The van der Waals surface area contributed by atoms with E-state index < -0.39 is 0 Å². The number of rotatable bonds is 18. The molecule has 0 heteroatoms. The van der Waals surface area contributed by atoms with E-state index in [0.717, 1.165) is 47.8 Å². The molecule has 0 heterocycles. The summed E-state index contributed by atoms with van der Waals surface area (Å²) in [5.74, 6) is 6.52. The molecule has 0 amide bonds. The fraction of sp³-hybridized carbons (Fsp3) is 0.789. The topological polar surface area (TPSA) is 0 Å². The molecule has 0 spiro atoms. The van der Waals surface area contributed by atoms with Crippen LogP contribution in [-0.4, -0.2) is 0 Å². The van der Waals surface area contributed by atoms with Gasteiger partial charge in [-0.25, -0.2) is 0 Å². The standard InChI is InChI=1S/C38H64/c1-9-15-35(30(5)10-2)19-14-11-16-28(3)20-23-32(7)38(27-37(38)36-26-31(36)6)33(8)24-21-29(4)22-25-34-17-12-13-18-34/h14-15,19,22,25-26,28-34,37H,9-13,16-18,20-21,23-24,27H2,1-8H3. The minimum atomic E-state index is 0.585. The lowest BCUT2D eigenvalue weighted by molar-refractivity contribution is 0.175. The van der Waals surface area contributed by atoms with Gasteiger partial charge in [0.1, 0.15) is 0 Å². The van der Waals surface area contributed by atoms with Crippen LogP contribution in [0, 0.1) is 52.8 Å². The lowest BCUT2D eigenvalue weighted by Gasteiger charge is -2.33. The van der Waals surface area contributed by atoms with Crippen molar-refractivity contribution in [2.45, 2.75) is 139 Å². The van der Waals surface area contributed by atoms with E-state index in [1.807, 2.05) is 5.57 Å². The van der Waals surface area contributed by atoms with Gasteiger partial charge in [0.25, 0.3) is 0 Å². The maximum Gasteiger partial charge on any atom is -0.00455 e. The third kappa shape index (κ3) is 8.73. The van der Waals surface area contributed by atoms with Crippen LogP contribution in [0.5, 0.6) is 0 Å². The molecule has 0 aromatic carbocycles. The van der Waals surface area contributed by atoms with Crippen LogP contribution in [0.1, 0.15) is 139 Å². The average molecular weight is 521 g/mol. The highest BCUT2D eigenvalue weighted by molar-refractivity contribution is 5.38. The summed E-state index contributed by atoms with van der Waals surface area (Å²) in [6.07, 6.45) is 32.7. The summed E-state index contributed by atoms with van der Waals surface area (Å²) in [5, 5.41) is 0. The summed E-state index contributed by atoms with van der Waals surface area (Å²) < 4.78 is 0. The number of hydrogen-bond acceptors (Lipinski definition) is 0. The van der Waals surface area contributed by atoms with Crippen molar-refractivity contribution in [2.24, 2.45) is 52.8 Å². The predicted molar refractivity (Wildman–Crippen MR) is 170 cm³/mol. The van der Waals surface area contributed by atoms with E-state index in [0.29, 0.717) is 11.3 Å². The second-order valence-corrected chi connectivity index (χ2v) is 14.2. The second kappa shape index (κ2) is 15.1. The summed E-state index contributed by atoms with van der Waals surface area (Å²) in [7, 11) is 0. The zero-order valence-corrected chi connectivity index (χ0v) is 26.8. The summed E-state index contributed by atoms with van der Waals surface area (Å²) in [6.45, 7) is 19.5. The van der Waals surface area contributed by atoms with Crippen molar-refractivity contribution in [2.75, 3.05) is 0 Å². The summed E-state index contributed by atoms with van der Waals surface area (Å²) in [5.41, 5.74) is 3.94. The number of hydrogen-bond donors (Lipinski definition) is 0. The van der Waals surface area contributed by atoms with Crippen LogP contribution in [0.4, 0.5) is 0 Å². The van der Waals surface area contributed by atoms with Crippen molar-refractivity contribution in [1.29, 1.82) is 0 Å². The Balaban J connectivity index is 1.47. The molecule has 2 saturated carbocycles. The number of allylic oxidation sites excluding steroid dienone is 8. The van der Waals surface area contributed by atoms with Crippen molar-refractivity contribution in [3.05, 3.63) is 47.6 Å². The van der Waals surface area contributed by atoms with Gasteiger partial charge < -0.3 is 0 Å². The van der Waals surface area contributed by atoms with Crippen molar-refractivity contribution in [3.63, 3.8) is 0 Å². The quantitative estimate of drug-likeness (QED) is 0.124. The van der Waals surface area contributed by atoms with Crippen LogP contribution >= 0.6 is 0 Å². The largest absolute Gasteiger partial charge is 0.0854 e. The Morgan fingerprint density at radius 2 is 1.61 bits per heavy atom. The highest BCUT2D eigenvalue weighted by Crippen LogP contribution is 2.70. The average Bonchev–Trinajstić information content (AvgIpc) is 3.77. The van der Waals surface area contributed by atoms with Crippen molar-refractivity contribution >= 4 is 0 Å². The van der Waals surface area contributed by atoms with E-state index in [-0.39, 0.29) is 0 Å². The van der Waals surface area contributed by atoms with Gasteiger partial charge in [-0.1, -0.05) is 117 Å². The Morgan fingerprint density at radius 3 is 2.21 bits per heavy atom. The minimum Gasteiger partial charge on any atom is -0.0854 e. The molecular formula is C38H64. The Bertz CT molecular complexity index is 817. The van der Waals surface area contributed by atoms with Gasteiger partial charge in [-0.2, -0.15) is 0 Å². The van der Waals surface area contributed by atoms with Gasteiger partial charge in [0.05, 0.1) is 0 Å². The molecule has 216 valence electrons. The SMILES string of the molecule is CCC=C(C=CCCC(C)CCC(C)C1(C(C)CCC(C)C=CC2CCCC2)CC1C1=CC1C)C(C)CC. The van der Waals surface area contributed by atoms with Crippen molar-refractivity contribution in [3.8, 4) is 0 Å². The first-order valence-corrected chi connectivity index (χ1v) is 17.0. The second-order valence-electron chi connectivity index (χ2n) is 14.2. The highest BCUT2D eigenvalue weighted by atomic mass is 14.7. The van der Waals surface area contributed by atoms with Crippen LogP contribution in [0.2, 0.25) is 0 Å². The zero-order valence-electron chi connectivity index (χ0n) is 26.8. The van der Waals surface area contributed by atoms with Gasteiger partial charge in [0.2, 0.25) is 0 Å². The third-order valence-corrected chi connectivity index (χ3v) is 11.2. The first-order valence-electron chi connectivity index (χ1n) is 17.0. The molecule has 0 saturated heterocycles. The fourth-order valence-corrected chi connectivity index (χ4v) is 7.80. The molecule has 0 aliphatic heterocycles. The van der Waals surface area contributed by atoms with E-state index in [4.69, 9.17) is 0 Å². The molecule has 0 radical (unpaired) electrons. The van der Waals surface area contributed by atoms with Crippen LogP contribution in [0.3, 0.4) is 0 Å². The van der Waals surface area contributed by atoms with Gasteiger partial charge in [0, 0.05) is 0 Å². The van der Waals surface area contributed by atoms with Crippen LogP contribution in [0.25, 0.3) is 0 Å². The molecule has 0 aromatic heterocycles. The van der Waals surface area contributed by atoms with Gasteiger partial charge in [-0.3, -0.25) is 0 Å². The molecule has 3 rings (SSSR count). The first kappa shape index (κ1) is 31.5. The fourth-order valence-electron chi connectivity index (χ4n) is 7.80. The van der Waals surface area contributed by atoms with Gasteiger partial charge in [-0.05, 0) is 123 Å². The summed E-state index contributed by atoms with van der Waals surface area (Å²) in [4.78, 5) is 0. The lowest BCUT2D eigenvalue weighted by Crippen LogP contribution is -2.25. The molecular weight excluding hydrogens is 456 g/mol. The Kier molecular flexibility index (Phi) is 12.5. The normalized spacial score (nSPS) is 30.0. The van der Waals surface area contributed by atoms with Crippen molar-refractivity contribution < 1.29 is 0 Å². The van der Waals surface area contributed by atoms with Gasteiger partial charge in [0.15, 0.2) is 0 Å². The molecule has 8 atom stereocenters. The van der Waals surface area contributed by atoms with Gasteiger partial charge in [-0.15, -0.1) is 0 Å². The van der Waals surface area contributed by atoms with Crippen LogP contribution in [-0.2, 0) is 0 Å².